The summed E-state index contributed by atoms with van der Waals surface area (Å²) in [4.78, 5) is 33.2. The lowest BCUT2D eigenvalue weighted by molar-refractivity contribution is -0.143. The van der Waals surface area contributed by atoms with Crippen LogP contribution in [-0.2, 0) is 16.0 Å². The number of carbonyl (C=O) groups excluding carboxylic acids is 2. The zero-order valence-electron chi connectivity index (χ0n) is 19.3. The third-order valence-corrected chi connectivity index (χ3v) is 7.60. The van der Waals surface area contributed by atoms with Gasteiger partial charge in [0.2, 0.25) is 11.8 Å². The van der Waals surface area contributed by atoms with Crippen molar-refractivity contribution in [3.8, 4) is 5.75 Å². The normalized spacial score (nSPS) is 21.3. The second-order valence-corrected chi connectivity index (χ2v) is 9.72. The topological polar surface area (TPSA) is 53.1 Å². The largest absolute Gasteiger partial charge is 0.497 e. The van der Waals surface area contributed by atoms with Crippen LogP contribution < -0.4 is 4.74 Å². The van der Waals surface area contributed by atoms with Crippen LogP contribution in [0.3, 0.4) is 0 Å². The number of piperazine rings is 1. The number of nitrogens with zero attached hydrogens (tertiary/aromatic N) is 3. The van der Waals surface area contributed by atoms with Gasteiger partial charge in [-0.2, -0.15) is 0 Å². The second-order valence-electron chi connectivity index (χ2n) is 8.72. The van der Waals surface area contributed by atoms with E-state index in [0.717, 1.165) is 25.1 Å². The van der Waals surface area contributed by atoms with Gasteiger partial charge in [-0.15, -0.1) is 11.3 Å². The first kappa shape index (κ1) is 22.8. The lowest BCUT2D eigenvalue weighted by atomic mass is 9.93. The minimum atomic E-state index is 0.0639. The predicted octanol–water partition coefficient (Wildman–Crippen LogP) is 3.56. The Hall–Kier alpha value is -2.38. The zero-order chi connectivity index (χ0) is 22.7. The monoisotopic (exact) mass is 455 g/mol. The van der Waals surface area contributed by atoms with E-state index in [1.165, 1.54) is 16.0 Å². The maximum Gasteiger partial charge on any atom is 0.236 e. The summed E-state index contributed by atoms with van der Waals surface area (Å²) in [6.45, 7) is 7.18. The number of amides is 2. The first-order valence-electron chi connectivity index (χ1n) is 11.5. The number of thiophene rings is 1. The zero-order valence-corrected chi connectivity index (χ0v) is 20.1. The van der Waals surface area contributed by atoms with E-state index in [1.807, 2.05) is 35.8 Å². The van der Waals surface area contributed by atoms with Crippen molar-refractivity contribution in [1.82, 2.24) is 14.7 Å². The molecule has 2 aromatic rings. The number of hydrogen-bond donors (Lipinski definition) is 0. The van der Waals surface area contributed by atoms with E-state index in [4.69, 9.17) is 4.74 Å². The first-order chi connectivity index (χ1) is 15.5. The average Bonchev–Trinajstić information content (AvgIpc) is 3.28. The number of rotatable bonds is 6. The van der Waals surface area contributed by atoms with Crippen molar-refractivity contribution < 1.29 is 14.3 Å². The molecule has 3 heterocycles. The highest BCUT2D eigenvalue weighted by molar-refractivity contribution is 7.10. The van der Waals surface area contributed by atoms with E-state index in [2.05, 4.69) is 28.5 Å². The highest BCUT2D eigenvalue weighted by atomic mass is 32.1. The number of fused-ring (bicyclic) bond motifs is 1. The van der Waals surface area contributed by atoms with Gasteiger partial charge in [0.05, 0.1) is 19.7 Å². The second kappa shape index (κ2) is 10.0. The van der Waals surface area contributed by atoms with Crippen LogP contribution >= 0.6 is 11.3 Å². The summed E-state index contributed by atoms with van der Waals surface area (Å²) in [5.74, 6) is 1.19. The van der Waals surface area contributed by atoms with Gasteiger partial charge in [-0.3, -0.25) is 14.5 Å². The minimum absolute atomic E-state index is 0.0639. The van der Waals surface area contributed by atoms with Crippen LogP contribution in [0.25, 0.3) is 0 Å². The van der Waals surface area contributed by atoms with Gasteiger partial charge in [0, 0.05) is 43.5 Å². The van der Waals surface area contributed by atoms with Gasteiger partial charge < -0.3 is 14.5 Å². The molecule has 0 spiro atoms. The molecule has 0 unspecified atom stereocenters. The van der Waals surface area contributed by atoms with Crippen LogP contribution in [0.5, 0.6) is 5.75 Å². The molecule has 1 saturated heterocycles. The summed E-state index contributed by atoms with van der Waals surface area (Å²) in [5, 5.41) is 2.15. The number of carbonyl (C=O) groups is 2. The van der Waals surface area contributed by atoms with Crippen molar-refractivity contribution >= 4 is 23.2 Å². The van der Waals surface area contributed by atoms with E-state index in [-0.39, 0.29) is 23.9 Å². The standard InChI is InChI=1S/C25H33N3O3S/c1-4-5-23(29)28-14-13-26(16-18(28)2)24(30)17-27-12-10-22-21(11-15-32-22)25(27)19-6-8-20(31-3)9-7-19/h6-9,11,15,18,25H,4-5,10,12-14,16-17H2,1-3H3/t18-,25-/m0/s1. The Morgan fingerprint density at radius 3 is 2.56 bits per heavy atom. The number of hydrogen-bond acceptors (Lipinski definition) is 5. The molecule has 1 aromatic heterocycles. The Bertz CT molecular complexity index is 942. The molecule has 2 aliphatic heterocycles. The van der Waals surface area contributed by atoms with E-state index in [1.54, 1.807) is 18.4 Å². The highest BCUT2D eigenvalue weighted by Crippen LogP contribution is 2.38. The maximum atomic E-state index is 13.3. The fourth-order valence-corrected chi connectivity index (χ4v) is 5.80. The van der Waals surface area contributed by atoms with Crippen molar-refractivity contribution in [3.05, 3.63) is 51.7 Å². The lowest BCUT2D eigenvalue weighted by Gasteiger charge is -2.42. The molecule has 2 aliphatic rings. The van der Waals surface area contributed by atoms with Crippen molar-refractivity contribution in [3.63, 3.8) is 0 Å². The lowest BCUT2D eigenvalue weighted by Crippen LogP contribution is -2.57. The van der Waals surface area contributed by atoms with Crippen molar-refractivity contribution in [1.29, 1.82) is 0 Å². The fraction of sp³-hybridized carbons (Fsp3) is 0.520. The molecule has 6 nitrogen and oxygen atoms in total. The van der Waals surface area contributed by atoms with E-state index in [0.29, 0.717) is 32.6 Å². The third-order valence-electron chi connectivity index (χ3n) is 6.60. The molecule has 7 heteroatoms. The van der Waals surface area contributed by atoms with Crippen LogP contribution in [0.4, 0.5) is 0 Å². The highest BCUT2D eigenvalue weighted by Gasteiger charge is 2.34. The number of benzene rings is 1. The Labute approximate surface area is 194 Å². The molecule has 1 aromatic carbocycles. The average molecular weight is 456 g/mol. The van der Waals surface area contributed by atoms with Crippen LogP contribution in [0.2, 0.25) is 0 Å². The Kier molecular flexibility index (Phi) is 7.16. The predicted molar refractivity (Wildman–Crippen MR) is 127 cm³/mol. The third kappa shape index (κ3) is 4.69. The summed E-state index contributed by atoms with van der Waals surface area (Å²) >= 11 is 1.80. The molecule has 4 rings (SSSR count). The molecule has 32 heavy (non-hydrogen) atoms. The summed E-state index contributed by atoms with van der Waals surface area (Å²) < 4.78 is 5.33. The smallest absolute Gasteiger partial charge is 0.236 e. The molecule has 1 fully saturated rings. The number of ether oxygens (including phenoxy) is 1. The van der Waals surface area contributed by atoms with Gasteiger partial charge in [0.1, 0.15) is 5.75 Å². The van der Waals surface area contributed by atoms with Gasteiger partial charge in [0.15, 0.2) is 0 Å². The van der Waals surface area contributed by atoms with Crippen molar-refractivity contribution in [2.24, 2.45) is 0 Å². The summed E-state index contributed by atoms with van der Waals surface area (Å²) in [6, 6.07) is 10.5. The Morgan fingerprint density at radius 1 is 1.09 bits per heavy atom. The van der Waals surface area contributed by atoms with E-state index in [9.17, 15) is 9.59 Å². The van der Waals surface area contributed by atoms with E-state index < -0.39 is 0 Å². The quantitative estimate of drug-likeness (QED) is 0.668. The Balaban J connectivity index is 1.47. The summed E-state index contributed by atoms with van der Waals surface area (Å²) in [7, 11) is 1.67. The Morgan fingerprint density at radius 2 is 1.88 bits per heavy atom. The first-order valence-corrected chi connectivity index (χ1v) is 12.4. The SMILES string of the molecule is CCCC(=O)N1CCN(C(=O)CN2CCc3sccc3[C@@H]2c2ccc(OC)cc2)C[C@@H]1C. The van der Waals surface area contributed by atoms with Gasteiger partial charge in [-0.1, -0.05) is 19.1 Å². The molecule has 2 atom stereocenters. The molecule has 0 radical (unpaired) electrons. The molecule has 0 bridgehead atoms. The van der Waals surface area contributed by atoms with Gasteiger partial charge in [-0.25, -0.2) is 0 Å². The van der Waals surface area contributed by atoms with E-state index >= 15 is 0 Å². The maximum absolute atomic E-state index is 13.3. The van der Waals surface area contributed by atoms with Gasteiger partial charge >= 0.3 is 0 Å². The van der Waals surface area contributed by atoms with Crippen LogP contribution in [-0.4, -0.2) is 72.4 Å². The van der Waals surface area contributed by atoms with Gasteiger partial charge in [0.25, 0.3) is 0 Å². The van der Waals surface area contributed by atoms with Crippen LogP contribution in [0.1, 0.15) is 48.7 Å². The van der Waals surface area contributed by atoms with Crippen LogP contribution in [0.15, 0.2) is 35.7 Å². The molecule has 0 saturated carbocycles. The summed E-state index contributed by atoms with van der Waals surface area (Å²) in [6.07, 6.45) is 2.41. The summed E-state index contributed by atoms with van der Waals surface area (Å²) in [5.41, 5.74) is 2.49. The fourth-order valence-electron chi connectivity index (χ4n) is 4.90. The van der Waals surface area contributed by atoms with Crippen molar-refractivity contribution in [2.75, 3.05) is 39.8 Å². The van der Waals surface area contributed by atoms with Crippen molar-refractivity contribution in [2.45, 2.75) is 45.2 Å². The molecule has 172 valence electrons. The molecule has 0 N–H and O–H groups in total. The molecule has 2 amide bonds. The van der Waals surface area contributed by atoms with Crippen LogP contribution in [0, 0.1) is 0 Å². The molecular formula is C25H33N3O3S. The minimum Gasteiger partial charge on any atom is -0.497 e. The number of methoxy groups -OCH3 is 1. The molecular weight excluding hydrogens is 422 g/mol. The van der Waals surface area contributed by atoms with Gasteiger partial charge in [-0.05, 0) is 54.5 Å². The molecule has 0 aliphatic carbocycles.